The summed E-state index contributed by atoms with van der Waals surface area (Å²) < 4.78 is 29.9. The molecule has 0 aromatic heterocycles. The van der Waals surface area contributed by atoms with Crippen LogP contribution in [0.25, 0.3) is 0 Å². The molecule has 1 aromatic carbocycles. The second kappa shape index (κ2) is 6.48. The molecule has 3 aliphatic heterocycles. The highest BCUT2D eigenvalue weighted by Crippen LogP contribution is 2.50. The SMILES string of the molecule is CC1(C)O[C@@H]2[C@@H](CO[C@@]3([C@H](O)C(C(=O)O)c4ccccc4)OC(C)(C)O[C@@H]23)O1. The van der Waals surface area contributed by atoms with Crippen LogP contribution in [-0.4, -0.2) is 64.6 Å². The molecule has 3 aliphatic rings. The van der Waals surface area contributed by atoms with Gasteiger partial charge in [0.1, 0.15) is 30.3 Å². The zero-order valence-corrected chi connectivity index (χ0v) is 16.3. The van der Waals surface area contributed by atoms with Gasteiger partial charge in [0.05, 0.1) is 6.61 Å². The van der Waals surface area contributed by atoms with Gasteiger partial charge in [-0.25, -0.2) is 0 Å². The number of carbonyl (C=O) groups is 1. The number of fused-ring (bicyclic) bond motifs is 3. The highest BCUT2D eigenvalue weighted by Gasteiger charge is 2.69. The fourth-order valence-electron chi connectivity index (χ4n) is 4.39. The summed E-state index contributed by atoms with van der Waals surface area (Å²) in [6.45, 7) is 7.04. The zero-order chi connectivity index (χ0) is 20.3. The summed E-state index contributed by atoms with van der Waals surface area (Å²) in [5, 5.41) is 21.2. The lowest BCUT2D eigenvalue weighted by Crippen LogP contribution is -2.65. The molecule has 3 heterocycles. The Morgan fingerprint density at radius 3 is 2.39 bits per heavy atom. The normalized spacial score (nSPS) is 37.7. The average Bonchev–Trinajstić information content (AvgIpc) is 3.07. The van der Waals surface area contributed by atoms with Crippen LogP contribution in [0.1, 0.15) is 39.2 Å². The molecule has 0 spiro atoms. The number of benzene rings is 1. The van der Waals surface area contributed by atoms with E-state index in [4.69, 9.17) is 23.7 Å². The Labute approximate surface area is 163 Å². The van der Waals surface area contributed by atoms with Crippen molar-refractivity contribution in [2.45, 2.75) is 75.4 Å². The molecule has 4 rings (SSSR count). The molecule has 8 heteroatoms. The largest absolute Gasteiger partial charge is 0.481 e. The van der Waals surface area contributed by atoms with Crippen molar-refractivity contribution in [2.75, 3.05) is 6.61 Å². The van der Waals surface area contributed by atoms with E-state index in [1.54, 1.807) is 58.0 Å². The number of ether oxygens (including phenoxy) is 5. The van der Waals surface area contributed by atoms with E-state index < -0.39 is 53.7 Å². The first-order valence-corrected chi connectivity index (χ1v) is 9.38. The van der Waals surface area contributed by atoms with Gasteiger partial charge in [-0.2, -0.15) is 0 Å². The number of hydrogen-bond donors (Lipinski definition) is 2. The summed E-state index contributed by atoms with van der Waals surface area (Å²) in [5.74, 6) is -6.10. The van der Waals surface area contributed by atoms with E-state index in [1.165, 1.54) is 0 Å². The number of aliphatic carboxylic acids is 1. The predicted molar refractivity (Wildman–Crippen MR) is 95.4 cm³/mol. The second-order valence-corrected chi connectivity index (χ2v) is 8.38. The van der Waals surface area contributed by atoms with E-state index in [1.807, 2.05) is 0 Å². The Bertz CT molecular complexity index is 748. The van der Waals surface area contributed by atoms with E-state index in [2.05, 4.69) is 0 Å². The van der Waals surface area contributed by atoms with Gasteiger partial charge >= 0.3 is 5.97 Å². The molecule has 8 nitrogen and oxygen atoms in total. The lowest BCUT2D eigenvalue weighted by Gasteiger charge is -2.44. The Morgan fingerprint density at radius 1 is 1.07 bits per heavy atom. The Morgan fingerprint density at radius 2 is 1.75 bits per heavy atom. The third-order valence-corrected chi connectivity index (χ3v) is 5.36. The van der Waals surface area contributed by atoms with Crippen LogP contribution in [0.2, 0.25) is 0 Å². The van der Waals surface area contributed by atoms with Crippen molar-refractivity contribution >= 4 is 5.97 Å². The van der Waals surface area contributed by atoms with E-state index in [9.17, 15) is 15.0 Å². The minimum atomic E-state index is -1.70. The van der Waals surface area contributed by atoms with E-state index >= 15 is 0 Å². The molecule has 0 aliphatic carbocycles. The standard InChI is InChI=1S/C20H26O8/c1-18(2)25-12-10-24-20(16(14(12)26-18)27-19(3,4)28-20)15(21)13(17(22)23)11-8-6-5-7-9-11/h5-9,12-16,21H,10H2,1-4H3,(H,22,23)/t12-,13?,14-,15-,16+,20+/m1/s1. The first kappa shape index (κ1) is 19.8. The highest BCUT2D eigenvalue weighted by molar-refractivity contribution is 5.77. The van der Waals surface area contributed by atoms with Crippen molar-refractivity contribution in [3.63, 3.8) is 0 Å². The van der Waals surface area contributed by atoms with Gasteiger partial charge in [0.25, 0.3) is 0 Å². The van der Waals surface area contributed by atoms with Crippen molar-refractivity contribution < 1.29 is 38.7 Å². The van der Waals surface area contributed by atoms with Crippen LogP contribution in [0.5, 0.6) is 0 Å². The molecule has 2 N–H and O–H groups in total. The topological polar surface area (TPSA) is 104 Å². The molecular formula is C20H26O8. The number of aliphatic hydroxyl groups is 1. The van der Waals surface area contributed by atoms with Crippen LogP contribution in [0.4, 0.5) is 0 Å². The maximum atomic E-state index is 12.1. The van der Waals surface area contributed by atoms with Gasteiger partial charge in [-0.1, -0.05) is 30.3 Å². The molecule has 3 saturated heterocycles. The summed E-state index contributed by atoms with van der Waals surface area (Å²) in [5.41, 5.74) is 0.443. The fourth-order valence-corrected chi connectivity index (χ4v) is 4.39. The van der Waals surface area contributed by atoms with Crippen LogP contribution >= 0.6 is 0 Å². The molecule has 28 heavy (non-hydrogen) atoms. The van der Waals surface area contributed by atoms with Crippen LogP contribution < -0.4 is 0 Å². The van der Waals surface area contributed by atoms with Crippen molar-refractivity contribution in [3.05, 3.63) is 35.9 Å². The van der Waals surface area contributed by atoms with Crippen molar-refractivity contribution in [1.82, 2.24) is 0 Å². The number of rotatable bonds is 4. The van der Waals surface area contributed by atoms with Crippen LogP contribution in [0, 0.1) is 0 Å². The lowest BCUT2D eigenvalue weighted by atomic mass is 9.83. The monoisotopic (exact) mass is 394 g/mol. The summed E-state index contributed by atoms with van der Waals surface area (Å²) in [4.78, 5) is 12.1. The third kappa shape index (κ3) is 3.14. The first-order chi connectivity index (χ1) is 13.0. The Hall–Kier alpha value is -1.55. The van der Waals surface area contributed by atoms with Crippen LogP contribution in [0.15, 0.2) is 30.3 Å². The van der Waals surface area contributed by atoms with Gasteiger partial charge < -0.3 is 33.9 Å². The lowest BCUT2D eigenvalue weighted by molar-refractivity contribution is -0.320. The van der Waals surface area contributed by atoms with Gasteiger partial charge in [0.2, 0.25) is 5.79 Å². The van der Waals surface area contributed by atoms with Crippen molar-refractivity contribution in [3.8, 4) is 0 Å². The van der Waals surface area contributed by atoms with Gasteiger partial charge in [0, 0.05) is 0 Å². The van der Waals surface area contributed by atoms with E-state index in [0.29, 0.717) is 5.56 Å². The highest BCUT2D eigenvalue weighted by atomic mass is 16.9. The maximum absolute atomic E-state index is 12.1. The first-order valence-electron chi connectivity index (χ1n) is 9.38. The van der Waals surface area contributed by atoms with Crippen LogP contribution in [-0.2, 0) is 28.5 Å². The number of aliphatic hydroxyl groups excluding tert-OH is 1. The Kier molecular flexibility index (Phi) is 4.57. The van der Waals surface area contributed by atoms with Crippen molar-refractivity contribution in [2.24, 2.45) is 0 Å². The number of carboxylic acid groups (broad SMARTS) is 1. The maximum Gasteiger partial charge on any atom is 0.313 e. The summed E-state index contributed by atoms with van der Waals surface area (Å²) in [6.07, 6.45) is -3.36. The predicted octanol–water partition coefficient (Wildman–Crippen LogP) is 1.61. The summed E-state index contributed by atoms with van der Waals surface area (Å²) in [6, 6.07) is 8.52. The molecule has 0 amide bonds. The fraction of sp³-hybridized carbons (Fsp3) is 0.650. The minimum Gasteiger partial charge on any atom is -0.481 e. The molecule has 154 valence electrons. The molecule has 0 bridgehead atoms. The second-order valence-electron chi connectivity index (χ2n) is 8.38. The third-order valence-electron chi connectivity index (χ3n) is 5.36. The number of hydrogen-bond acceptors (Lipinski definition) is 7. The van der Waals surface area contributed by atoms with Gasteiger partial charge in [-0.05, 0) is 33.3 Å². The van der Waals surface area contributed by atoms with E-state index in [-0.39, 0.29) is 6.61 Å². The van der Waals surface area contributed by atoms with Crippen LogP contribution in [0.3, 0.4) is 0 Å². The molecule has 6 atom stereocenters. The minimum absolute atomic E-state index is 0.0855. The molecule has 1 unspecified atom stereocenters. The zero-order valence-electron chi connectivity index (χ0n) is 16.3. The average molecular weight is 394 g/mol. The van der Waals surface area contributed by atoms with Gasteiger partial charge in [-0.15, -0.1) is 0 Å². The Balaban J connectivity index is 1.74. The molecule has 3 fully saturated rings. The summed E-state index contributed by atoms with van der Waals surface area (Å²) >= 11 is 0. The smallest absolute Gasteiger partial charge is 0.313 e. The van der Waals surface area contributed by atoms with Gasteiger partial charge in [-0.3, -0.25) is 4.79 Å². The van der Waals surface area contributed by atoms with Crippen molar-refractivity contribution in [1.29, 1.82) is 0 Å². The van der Waals surface area contributed by atoms with Gasteiger partial charge in [0.15, 0.2) is 11.6 Å². The molecule has 0 saturated carbocycles. The number of carboxylic acids is 1. The molecule has 0 radical (unpaired) electrons. The molecular weight excluding hydrogens is 368 g/mol. The quantitative estimate of drug-likeness (QED) is 0.794. The summed E-state index contributed by atoms with van der Waals surface area (Å²) in [7, 11) is 0. The molecule has 1 aromatic rings. The van der Waals surface area contributed by atoms with E-state index in [0.717, 1.165) is 0 Å².